The molecule has 0 radical (unpaired) electrons. The van der Waals surface area contributed by atoms with Crippen LogP contribution < -0.4 is 4.74 Å². The Morgan fingerprint density at radius 3 is 2.36 bits per heavy atom. The number of nitrogens with zero attached hydrogens (tertiary/aromatic N) is 1. The second kappa shape index (κ2) is 7.36. The maximum atomic E-state index is 10.8. The van der Waals surface area contributed by atoms with Crippen LogP contribution in [0.2, 0.25) is 5.02 Å². The molecule has 0 heterocycles. The van der Waals surface area contributed by atoms with Gasteiger partial charge < -0.3 is 4.74 Å². The highest BCUT2D eigenvalue weighted by Gasteiger charge is 2.09. The minimum absolute atomic E-state index is 0.0955. The molecule has 3 aromatic rings. The van der Waals surface area contributed by atoms with Crippen LogP contribution in [0, 0.1) is 10.1 Å². The highest BCUT2D eigenvalue weighted by Crippen LogP contribution is 2.33. The Hall–Kier alpha value is -2.85. The first-order chi connectivity index (χ1) is 12.1. The molecule has 0 aliphatic heterocycles. The van der Waals surface area contributed by atoms with Crippen molar-refractivity contribution in [2.75, 3.05) is 7.11 Å². The molecule has 0 atom stereocenters. The van der Waals surface area contributed by atoms with Crippen molar-refractivity contribution in [3.8, 4) is 16.9 Å². The van der Waals surface area contributed by atoms with E-state index in [0.717, 1.165) is 28.0 Å². The van der Waals surface area contributed by atoms with Crippen LogP contribution in [-0.4, -0.2) is 12.0 Å². The molecule has 0 amide bonds. The Bertz CT molecular complexity index is 907. The third kappa shape index (κ3) is 3.98. The number of rotatable bonds is 5. The van der Waals surface area contributed by atoms with E-state index < -0.39 is 4.92 Å². The smallest absolute Gasteiger partial charge is 0.269 e. The van der Waals surface area contributed by atoms with E-state index in [4.69, 9.17) is 16.3 Å². The molecule has 0 saturated carbocycles. The van der Waals surface area contributed by atoms with Crippen molar-refractivity contribution in [2.24, 2.45) is 0 Å². The Kier molecular flexibility index (Phi) is 5.00. The van der Waals surface area contributed by atoms with Crippen molar-refractivity contribution in [1.29, 1.82) is 0 Å². The quantitative estimate of drug-likeness (QED) is 0.448. The number of methoxy groups -OCH3 is 1. The average molecular weight is 354 g/mol. The standard InChI is InChI=1S/C20H16ClNO3/c1-25-20-10-7-15(11-14-5-8-18(9-6-14)22(23)24)12-19(20)16-3-2-4-17(21)13-16/h2-10,12-13H,11H2,1H3. The molecule has 0 fully saturated rings. The topological polar surface area (TPSA) is 52.4 Å². The summed E-state index contributed by atoms with van der Waals surface area (Å²) < 4.78 is 5.47. The van der Waals surface area contributed by atoms with Crippen LogP contribution in [0.1, 0.15) is 11.1 Å². The second-order valence-corrected chi connectivity index (χ2v) is 6.08. The lowest BCUT2D eigenvalue weighted by atomic mass is 9.98. The predicted molar refractivity (Wildman–Crippen MR) is 99.3 cm³/mol. The van der Waals surface area contributed by atoms with Crippen molar-refractivity contribution in [2.45, 2.75) is 6.42 Å². The minimum Gasteiger partial charge on any atom is -0.496 e. The first kappa shape index (κ1) is 17.0. The second-order valence-electron chi connectivity index (χ2n) is 5.65. The van der Waals surface area contributed by atoms with Gasteiger partial charge in [-0.15, -0.1) is 0 Å². The molecule has 0 aromatic heterocycles. The summed E-state index contributed by atoms with van der Waals surface area (Å²) in [6.07, 6.45) is 0.676. The number of benzene rings is 3. The van der Waals surface area contributed by atoms with Crippen LogP contribution in [-0.2, 0) is 6.42 Å². The summed E-state index contributed by atoms with van der Waals surface area (Å²) in [6, 6.07) is 20.2. The van der Waals surface area contributed by atoms with Crippen molar-refractivity contribution in [3.05, 3.63) is 93.0 Å². The zero-order valence-corrected chi connectivity index (χ0v) is 14.4. The highest BCUT2D eigenvalue weighted by atomic mass is 35.5. The molecule has 25 heavy (non-hydrogen) atoms. The van der Waals surface area contributed by atoms with Crippen molar-refractivity contribution in [3.63, 3.8) is 0 Å². The van der Waals surface area contributed by atoms with Crippen LogP contribution in [0.5, 0.6) is 5.75 Å². The zero-order valence-electron chi connectivity index (χ0n) is 13.6. The zero-order chi connectivity index (χ0) is 17.8. The summed E-state index contributed by atoms with van der Waals surface area (Å²) in [5.41, 5.74) is 4.13. The van der Waals surface area contributed by atoms with Gasteiger partial charge in [-0.2, -0.15) is 0 Å². The molecule has 0 aliphatic carbocycles. The van der Waals surface area contributed by atoms with Gasteiger partial charge in [0, 0.05) is 22.7 Å². The maximum Gasteiger partial charge on any atom is 0.269 e. The van der Waals surface area contributed by atoms with E-state index in [1.165, 1.54) is 12.1 Å². The molecule has 5 heteroatoms. The van der Waals surface area contributed by atoms with E-state index in [2.05, 4.69) is 6.07 Å². The van der Waals surface area contributed by atoms with Gasteiger partial charge in [0.15, 0.2) is 0 Å². The third-order valence-electron chi connectivity index (χ3n) is 3.95. The van der Waals surface area contributed by atoms with E-state index in [1.807, 2.05) is 36.4 Å². The van der Waals surface area contributed by atoms with Crippen LogP contribution in [0.15, 0.2) is 66.7 Å². The third-order valence-corrected chi connectivity index (χ3v) is 4.19. The number of halogens is 1. The Labute approximate surface area is 150 Å². The van der Waals surface area contributed by atoms with Gasteiger partial charge >= 0.3 is 0 Å². The van der Waals surface area contributed by atoms with Gasteiger partial charge in [0.25, 0.3) is 5.69 Å². The number of hydrogen-bond acceptors (Lipinski definition) is 3. The summed E-state index contributed by atoms with van der Waals surface area (Å²) in [5.74, 6) is 0.773. The van der Waals surface area contributed by atoms with E-state index >= 15 is 0 Å². The van der Waals surface area contributed by atoms with Crippen LogP contribution in [0.4, 0.5) is 5.69 Å². The molecule has 0 spiro atoms. The molecular formula is C20H16ClNO3. The molecule has 0 unspecified atom stereocenters. The molecule has 0 bridgehead atoms. The fraction of sp³-hybridized carbons (Fsp3) is 0.100. The number of nitro benzene ring substituents is 1. The van der Waals surface area contributed by atoms with Crippen LogP contribution in [0.25, 0.3) is 11.1 Å². The van der Waals surface area contributed by atoms with Gasteiger partial charge in [-0.3, -0.25) is 10.1 Å². The first-order valence-electron chi connectivity index (χ1n) is 7.73. The fourth-order valence-corrected chi connectivity index (χ4v) is 2.91. The molecule has 126 valence electrons. The fourth-order valence-electron chi connectivity index (χ4n) is 2.72. The normalized spacial score (nSPS) is 10.5. The lowest BCUT2D eigenvalue weighted by Gasteiger charge is -2.12. The molecule has 0 saturated heterocycles. The van der Waals surface area contributed by atoms with Gasteiger partial charge in [0.2, 0.25) is 0 Å². The van der Waals surface area contributed by atoms with Gasteiger partial charge in [0.1, 0.15) is 5.75 Å². The summed E-state index contributed by atoms with van der Waals surface area (Å²) in [6.45, 7) is 0. The van der Waals surface area contributed by atoms with Crippen LogP contribution >= 0.6 is 11.6 Å². The van der Waals surface area contributed by atoms with Gasteiger partial charge in [-0.1, -0.05) is 41.9 Å². The molecule has 4 nitrogen and oxygen atoms in total. The molecule has 3 aromatic carbocycles. The summed E-state index contributed by atoms with van der Waals surface area (Å²) in [4.78, 5) is 10.4. The Morgan fingerprint density at radius 2 is 1.72 bits per heavy atom. The van der Waals surface area contributed by atoms with E-state index in [9.17, 15) is 10.1 Å². The lowest BCUT2D eigenvalue weighted by molar-refractivity contribution is -0.384. The van der Waals surface area contributed by atoms with Gasteiger partial charge in [0.05, 0.1) is 12.0 Å². The van der Waals surface area contributed by atoms with E-state index in [1.54, 1.807) is 19.2 Å². The molecule has 3 rings (SSSR count). The number of nitro groups is 1. The molecule has 0 N–H and O–H groups in total. The van der Waals surface area contributed by atoms with Crippen molar-refractivity contribution < 1.29 is 9.66 Å². The summed E-state index contributed by atoms with van der Waals surface area (Å²) >= 11 is 6.10. The predicted octanol–water partition coefficient (Wildman–Crippen LogP) is 5.51. The SMILES string of the molecule is COc1ccc(Cc2ccc([N+](=O)[O-])cc2)cc1-c1cccc(Cl)c1. The van der Waals surface area contributed by atoms with Crippen molar-refractivity contribution in [1.82, 2.24) is 0 Å². The number of ether oxygens (including phenoxy) is 1. The minimum atomic E-state index is -0.394. The summed E-state index contributed by atoms with van der Waals surface area (Å²) in [5, 5.41) is 11.4. The van der Waals surface area contributed by atoms with E-state index in [-0.39, 0.29) is 5.69 Å². The maximum absolute atomic E-state index is 10.8. The summed E-state index contributed by atoms with van der Waals surface area (Å²) in [7, 11) is 1.64. The first-order valence-corrected chi connectivity index (χ1v) is 8.11. The monoisotopic (exact) mass is 353 g/mol. The van der Waals surface area contributed by atoms with Gasteiger partial charge in [-0.25, -0.2) is 0 Å². The van der Waals surface area contributed by atoms with Gasteiger partial charge in [-0.05, 0) is 47.4 Å². The number of hydrogen-bond donors (Lipinski definition) is 0. The lowest BCUT2D eigenvalue weighted by Crippen LogP contribution is -1.94. The molecule has 0 aliphatic rings. The molecular weight excluding hydrogens is 338 g/mol. The van der Waals surface area contributed by atoms with Crippen molar-refractivity contribution >= 4 is 17.3 Å². The number of non-ortho nitro benzene ring substituents is 1. The highest BCUT2D eigenvalue weighted by molar-refractivity contribution is 6.30. The van der Waals surface area contributed by atoms with E-state index in [0.29, 0.717) is 11.4 Å². The Balaban J connectivity index is 1.92. The van der Waals surface area contributed by atoms with Crippen LogP contribution in [0.3, 0.4) is 0 Å². The largest absolute Gasteiger partial charge is 0.496 e. The Morgan fingerprint density at radius 1 is 1.00 bits per heavy atom. The average Bonchev–Trinajstić information content (AvgIpc) is 2.62.